The number of benzene rings is 2. The molecule has 1 fully saturated rings. The summed E-state index contributed by atoms with van der Waals surface area (Å²) in [5.41, 5.74) is 0.985. The molecular formula is C38H55N6O9+. The predicted octanol–water partition coefficient (Wildman–Crippen LogP) is 0.836. The van der Waals surface area contributed by atoms with Crippen LogP contribution in [0, 0.1) is 5.92 Å². The molecule has 1 saturated carbocycles. The van der Waals surface area contributed by atoms with Gasteiger partial charge in [0.1, 0.15) is 36.0 Å². The Bertz CT molecular complexity index is 1540. The van der Waals surface area contributed by atoms with Crippen molar-refractivity contribution in [2.75, 3.05) is 34.3 Å². The first-order valence-electron chi connectivity index (χ1n) is 18.1. The number of carbonyl (C=O) groups excluding carboxylic acids is 5. The number of nitrogens with one attached hydrogen (secondary N) is 5. The third kappa shape index (κ3) is 14.1. The lowest BCUT2D eigenvalue weighted by Gasteiger charge is -2.29. The van der Waals surface area contributed by atoms with Crippen LogP contribution in [0.15, 0.2) is 54.6 Å². The lowest BCUT2D eigenvalue weighted by atomic mass is 9.96. The second kappa shape index (κ2) is 20.3. The minimum absolute atomic E-state index is 0.0210. The highest BCUT2D eigenvalue weighted by Crippen LogP contribution is 2.28. The molecule has 5 amide bonds. The number of hydrogen-bond acceptors (Lipinski definition) is 8. The van der Waals surface area contributed by atoms with Gasteiger partial charge >= 0.3 is 5.97 Å². The van der Waals surface area contributed by atoms with Crippen molar-refractivity contribution in [1.29, 1.82) is 0 Å². The lowest BCUT2D eigenvalue weighted by molar-refractivity contribution is -0.870. The Balaban J connectivity index is 1.75. The molecule has 8 N–H and O–H groups in total. The van der Waals surface area contributed by atoms with Crippen LogP contribution in [0.25, 0.3) is 0 Å². The maximum atomic E-state index is 13.9. The highest BCUT2D eigenvalue weighted by molar-refractivity contribution is 5.99. The maximum Gasteiger partial charge on any atom is 0.328 e. The Kier molecular flexibility index (Phi) is 16.2. The SMILES string of the molecule is CC(NC(=O)[C@H](Cc1ccccc1)NC(=O)c1ccc(O)cc1)C(=O)NC(C(=O)N[C@@H](CCCC[N+](C)(C)C)C(=O)NC(CO)C(=O)O)C1CCCC1. The summed E-state index contributed by atoms with van der Waals surface area (Å²) in [6.07, 6.45) is 4.56. The standard InChI is InChI=1S/C38H54N6O9/c1-24(39-36(50)30(22-25-12-6-5-7-13-25)41-34(48)27-17-19-28(46)20-18-27)33(47)43-32(26-14-8-9-15-26)37(51)40-29(16-10-11-21-44(2,3)4)35(49)42-31(23-45)38(52)53/h5-7,12-13,17-20,24,26,29-32,45H,8-11,14-16,21-23H2,1-4H3,(H6-,39,40,41,42,43,46,47,48,49,50,51,52,53)/p+1/t24?,29-,30-,31?,32?/m0/s1. The highest BCUT2D eigenvalue weighted by atomic mass is 16.4. The molecule has 3 unspecified atom stereocenters. The summed E-state index contributed by atoms with van der Waals surface area (Å²) in [6.45, 7) is 1.43. The summed E-state index contributed by atoms with van der Waals surface area (Å²) >= 11 is 0. The van der Waals surface area contributed by atoms with Crippen molar-refractivity contribution < 1.29 is 48.6 Å². The van der Waals surface area contributed by atoms with E-state index in [9.17, 15) is 44.1 Å². The molecule has 2 aromatic carbocycles. The van der Waals surface area contributed by atoms with Crippen molar-refractivity contribution in [3.05, 3.63) is 65.7 Å². The summed E-state index contributed by atoms with van der Waals surface area (Å²) in [6, 6.07) is 8.64. The quantitative estimate of drug-likeness (QED) is 0.0711. The van der Waals surface area contributed by atoms with Crippen molar-refractivity contribution in [3.63, 3.8) is 0 Å². The largest absolute Gasteiger partial charge is 0.508 e. The number of unbranched alkanes of at least 4 members (excludes halogenated alkanes) is 1. The van der Waals surface area contributed by atoms with Gasteiger partial charge in [-0.2, -0.15) is 0 Å². The van der Waals surface area contributed by atoms with E-state index < -0.39 is 72.3 Å². The number of aliphatic carboxylic acids is 1. The number of carbonyl (C=O) groups is 6. The van der Waals surface area contributed by atoms with Crippen LogP contribution in [0.4, 0.5) is 0 Å². The molecule has 0 saturated heterocycles. The average molecular weight is 740 g/mol. The minimum Gasteiger partial charge on any atom is -0.508 e. The van der Waals surface area contributed by atoms with Gasteiger partial charge in [-0.3, -0.25) is 24.0 Å². The van der Waals surface area contributed by atoms with Gasteiger partial charge in [-0.25, -0.2) is 4.79 Å². The number of amides is 5. The van der Waals surface area contributed by atoms with E-state index in [1.807, 2.05) is 27.2 Å². The molecule has 0 spiro atoms. The Morgan fingerprint density at radius 2 is 1.34 bits per heavy atom. The van der Waals surface area contributed by atoms with Crippen LogP contribution in [0.3, 0.4) is 0 Å². The van der Waals surface area contributed by atoms with E-state index in [0.717, 1.165) is 31.4 Å². The molecule has 0 bridgehead atoms. The van der Waals surface area contributed by atoms with Crippen LogP contribution in [0.1, 0.15) is 67.8 Å². The van der Waals surface area contributed by atoms with E-state index in [-0.39, 0.29) is 30.1 Å². The molecule has 53 heavy (non-hydrogen) atoms. The lowest BCUT2D eigenvalue weighted by Crippen LogP contribution is -2.60. The molecule has 290 valence electrons. The van der Waals surface area contributed by atoms with E-state index in [4.69, 9.17) is 0 Å². The first-order valence-corrected chi connectivity index (χ1v) is 18.1. The van der Waals surface area contributed by atoms with Gasteiger partial charge in [0.15, 0.2) is 0 Å². The number of phenolic OH excluding ortho intramolecular Hbond substituents is 1. The number of aromatic hydroxyl groups is 1. The maximum absolute atomic E-state index is 13.9. The van der Waals surface area contributed by atoms with Crippen LogP contribution in [0.2, 0.25) is 0 Å². The second-order valence-corrected chi connectivity index (χ2v) is 14.7. The predicted molar refractivity (Wildman–Crippen MR) is 196 cm³/mol. The molecule has 2 aromatic rings. The number of aliphatic hydroxyl groups is 1. The van der Waals surface area contributed by atoms with Gasteiger partial charge < -0.3 is 46.4 Å². The molecule has 0 radical (unpaired) electrons. The molecule has 0 aliphatic heterocycles. The fraction of sp³-hybridized carbons (Fsp3) is 0.526. The second-order valence-electron chi connectivity index (χ2n) is 14.7. The number of carboxylic acids is 1. The molecule has 1 aliphatic carbocycles. The summed E-state index contributed by atoms with van der Waals surface area (Å²) < 4.78 is 0.692. The average Bonchev–Trinajstić information content (AvgIpc) is 3.65. The monoisotopic (exact) mass is 739 g/mol. The van der Waals surface area contributed by atoms with Gasteiger partial charge in [0.25, 0.3) is 5.91 Å². The summed E-state index contributed by atoms with van der Waals surface area (Å²) in [4.78, 5) is 78.9. The Labute approximate surface area is 310 Å². The van der Waals surface area contributed by atoms with Gasteiger partial charge in [0.2, 0.25) is 23.6 Å². The topological polar surface area (TPSA) is 223 Å². The van der Waals surface area contributed by atoms with Crippen LogP contribution in [0.5, 0.6) is 5.75 Å². The fourth-order valence-electron chi connectivity index (χ4n) is 6.18. The van der Waals surface area contributed by atoms with Crippen molar-refractivity contribution in [1.82, 2.24) is 26.6 Å². The molecule has 1 aliphatic rings. The van der Waals surface area contributed by atoms with E-state index in [0.29, 0.717) is 23.7 Å². The third-order valence-electron chi connectivity index (χ3n) is 9.24. The molecule has 15 nitrogen and oxygen atoms in total. The number of aliphatic hydroxyl groups excluding tert-OH is 1. The first kappa shape index (κ1) is 42.4. The molecule has 0 aromatic heterocycles. The molecular weight excluding hydrogens is 684 g/mol. The summed E-state index contributed by atoms with van der Waals surface area (Å²) in [7, 11) is 6.08. The zero-order chi connectivity index (χ0) is 39.1. The number of phenols is 1. The van der Waals surface area contributed by atoms with E-state index in [1.54, 1.807) is 24.3 Å². The first-order chi connectivity index (χ1) is 25.1. The third-order valence-corrected chi connectivity index (χ3v) is 9.24. The fourth-order valence-corrected chi connectivity index (χ4v) is 6.18. The number of quaternary nitrogens is 1. The zero-order valence-electron chi connectivity index (χ0n) is 31.0. The highest BCUT2D eigenvalue weighted by Gasteiger charge is 2.36. The van der Waals surface area contributed by atoms with E-state index in [2.05, 4.69) is 26.6 Å². The van der Waals surface area contributed by atoms with Crippen molar-refractivity contribution in [3.8, 4) is 5.75 Å². The number of nitrogens with zero attached hydrogens (tertiary/aromatic N) is 1. The van der Waals surface area contributed by atoms with Gasteiger partial charge in [0, 0.05) is 12.0 Å². The molecule has 0 heterocycles. The van der Waals surface area contributed by atoms with Gasteiger partial charge in [-0.15, -0.1) is 0 Å². The zero-order valence-corrected chi connectivity index (χ0v) is 31.0. The molecule has 15 heteroatoms. The van der Waals surface area contributed by atoms with E-state index in [1.165, 1.54) is 31.2 Å². The van der Waals surface area contributed by atoms with Crippen molar-refractivity contribution in [2.24, 2.45) is 5.92 Å². The number of rotatable bonds is 20. The van der Waals surface area contributed by atoms with Gasteiger partial charge in [-0.1, -0.05) is 43.2 Å². The van der Waals surface area contributed by atoms with Crippen LogP contribution in [-0.4, -0.2) is 120 Å². The van der Waals surface area contributed by atoms with Crippen molar-refractivity contribution in [2.45, 2.75) is 88.5 Å². The normalized spacial score (nSPS) is 15.9. The van der Waals surface area contributed by atoms with Gasteiger partial charge in [0.05, 0.1) is 34.3 Å². The van der Waals surface area contributed by atoms with Crippen LogP contribution in [-0.2, 0) is 30.4 Å². The molecule has 3 rings (SSSR count). The number of carboxylic acid groups (broad SMARTS) is 1. The summed E-state index contributed by atoms with van der Waals surface area (Å²) in [5.74, 6) is -4.90. The Morgan fingerprint density at radius 1 is 0.736 bits per heavy atom. The van der Waals surface area contributed by atoms with Crippen LogP contribution < -0.4 is 26.6 Å². The smallest absolute Gasteiger partial charge is 0.328 e. The van der Waals surface area contributed by atoms with Crippen molar-refractivity contribution >= 4 is 35.5 Å². The van der Waals surface area contributed by atoms with Crippen LogP contribution >= 0.6 is 0 Å². The number of hydrogen-bond donors (Lipinski definition) is 8. The van der Waals surface area contributed by atoms with E-state index >= 15 is 0 Å². The molecule has 5 atom stereocenters. The van der Waals surface area contributed by atoms with Gasteiger partial charge in [-0.05, 0) is 74.8 Å². The Hall–Kier alpha value is -5.02. The minimum atomic E-state index is -1.56. The Morgan fingerprint density at radius 3 is 1.92 bits per heavy atom. The summed E-state index contributed by atoms with van der Waals surface area (Å²) in [5, 5.41) is 41.6.